The van der Waals surface area contributed by atoms with E-state index in [2.05, 4.69) is 0 Å². The number of sulfonamides is 1. The first-order valence-electron chi connectivity index (χ1n) is 8.59. The molecule has 0 saturated carbocycles. The van der Waals surface area contributed by atoms with Crippen LogP contribution in [-0.2, 0) is 16.6 Å². The summed E-state index contributed by atoms with van der Waals surface area (Å²) >= 11 is 0. The van der Waals surface area contributed by atoms with Gasteiger partial charge in [0.1, 0.15) is 11.5 Å². The zero-order valence-corrected chi connectivity index (χ0v) is 16.4. The number of hydrogen-bond donors (Lipinski definition) is 2. The van der Waals surface area contributed by atoms with Gasteiger partial charge in [0.2, 0.25) is 10.0 Å². The Morgan fingerprint density at radius 3 is 2.33 bits per heavy atom. The van der Waals surface area contributed by atoms with E-state index in [-0.39, 0.29) is 13.2 Å². The number of nitrogens with zero attached hydrogens (tertiary/aromatic N) is 1. The fourth-order valence-corrected chi connectivity index (χ4v) is 3.41. The van der Waals surface area contributed by atoms with E-state index in [4.69, 9.17) is 20.3 Å². The summed E-state index contributed by atoms with van der Waals surface area (Å²) in [6, 6.07) is 12.1. The zero-order valence-electron chi connectivity index (χ0n) is 15.6. The van der Waals surface area contributed by atoms with Crippen molar-refractivity contribution < 1.29 is 23.0 Å². The number of hydrogen-bond acceptors (Lipinski definition) is 6. The molecule has 0 heterocycles. The minimum Gasteiger partial charge on any atom is -0.497 e. The van der Waals surface area contributed by atoms with Crippen LogP contribution in [0.1, 0.15) is 18.4 Å². The lowest BCUT2D eigenvalue weighted by atomic mass is 10.2. The van der Waals surface area contributed by atoms with Crippen molar-refractivity contribution in [2.45, 2.75) is 19.4 Å². The number of methoxy groups -OCH3 is 1. The normalized spacial score (nSPS) is 11.2. The van der Waals surface area contributed by atoms with Gasteiger partial charge in [-0.05, 0) is 42.7 Å². The van der Waals surface area contributed by atoms with Crippen LogP contribution < -0.4 is 19.5 Å². The van der Waals surface area contributed by atoms with Gasteiger partial charge in [-0.3, -0.25) is 4.31 Å². The van der Waals surface area contributed by atoms with Crippen molar-refractivity contribution in [1.82, 2.24) is 0 Å². The highest BCUT2D eigenvalue weighted by Crippen LogP contribution is 2.31. The van der Waals surface area contributed by atoms with E-state index in [9.17, 15) is 8.42 Å². The van der Waals surface area contributed by atoms with Crippen molar-refractivity contribution in [3.05, 3.63) is 48.0 Å². The number of anilines is 2. The van der Waals surface area contributed by atoms with Crippen molar-refractivity contribution in [2.24, 2.45) is 0 Å². The lowest BCUT2D eigenvalue weighted by Crippen LogP contribution is -2.30. The van der Waals surface area contributed by atoms with E-state index in [1.807, 2.05) is 12.1 Å². The highest BCUT2D eigenvalue weighted by Gasteiger charge is 2.21. The fraction of sp³-hybridized carbons (Fsp3) is 0.368. The number of rotatable bonds is 10. The molecule has 2 aromatic rings. The van der Waals surface area contributed by atoms with Gasteiger partial charge in [0.05, 0.1) is 37.9 Å². The highest BCUT2D eigenvalue weighted by atomic mass is 32.2. The maximum absolute atomic E-state index is 12.4. The van der Waals surface area contributed by atoms with E-state index < -0.39 is 10.0 Å². The van der Waals surface area contributed by atoms with E-state index in [1.54, 1.807) is 37.4 Å². The molecular formula is C19H26N2O5S. The summed E-state index contributed by atoms with van der Waals surface area (Å²) in [6.07, 6.45) is 2.50. The summed E-state index contributed by atoms with van der Waals surface area (Å²) in [5, 5.41) is 8.83. The fourth-order valence-electron chi connectivity index (χ4n) is 2.51. The molecular weight excluding hydrogens is 368 g/mol. The lowest BCUT2D eigenvalue weighted by Gasteiger charge is -2.24. The Hall–Kier alpha value is -2.45. The first-order valence-corrected chi connectivity index (χ1v) is 10.4. The van der Waals surface area contributed by atoms with Crippen LogP contribution in [0.15, 0.2) is 42.5 Å². The van der Waals surface area contributed by atoms with Gasteiger partial charge >= 0.3 is 0 Å². The van der Waals surface area contributed by atoms with Crippen LogP contribution in [0.4, 0.5) is 11.4 Å². The van der Waals surface area contributed by atoms with E-state index in [1.165, 1.54) is 4.31 Å². The molecule has 0 aliphatic rings. The van der Waals surface area contributed by atoms with Gasteiger partial charge in [-0.15, -0.1) is 0 Å². The summed E-state index contributed by atoms with van der Waals surface area (Å²) in [4.78, 5) is 0. The van der Waals surface area contributed by atoms with Gasteiger partial charge in [-0.2, -0.15) is 0 Å². The van der Waals surface area contributed by atoms with Crippen LogP contribution >= 0.6 is 0 Å². The molecule has 0 aromatic heterocycles. The molecule has 0 radical (unpaired) electrons. The monoisotopic (exact) mass is 394 g/mol. The smallest absolute Gasteiger partial charge is 0.232 e. The van der Waals surface area contributed by atoms with Crippen LogP contribution in [-0.4, -0.2) is 40.1 Å². The molecule has 2 aromatic carbocycles. The second-order valence-corrected chi connectivity index (χ2v) is 8.02. The number of ether oxygens (including phenoxy) is 2. The number of unbranched alkanes of at least 4 members (excludes halogenated alkanes) is 1. The summed E-state index contributed by atoms with van der Waals surface area (Å²) in [5.74, 6) is 1.22. The van der Waals surface area contributed by atoms with E-state index in [0.717, 1.165) is 11.8 Å². The summed E-state index contributed by atoms with van der Waals surface area (Å²) in [7, 11) is -1.99. The first-order chi connectivity index (χ1) is 12.8. The van der Waals surface area contributed by atoms with Crippen LogP contribution in [0.3, 0.4) is 0 Å². The molecule has 8 heteroatoms. The maximum atomic E-state index is 12.4. The average Bonchev–Trinajstić information content (AvgIpc) is 2.64. The molecule has 2 rings (SSSR count). The van der Waals surface area contributed by atoms with Crippen molar-refractivity contribution in [3.8, 4) is 11.5 Å². The number of benzene rings is 2. The van der Waals surface area contributed by atoms with Crippen molar-refractivity contribution >= 4 is 21.4 Å². The number of nitrogen functional groups attached to an aromatic ring is 1. The standard InChI is InChI=1S/C19H26N2O5S/c1-25-16-7-5-15(6-8-16)14-21(27(2,23)24)19-13-17(9-10-18(19)20)26-12-4-3-11-22/h5-10,13,22H,3-4,11-12,14,20H2,1-2H3. The predicted molar refractivity (Wildman–Crippen MR) is 107 cm³/mol. The molecule has 0 amide bonds. The summed E-state index contributed by atoms with van der Waals surface area (Å²) < 4.78 is 36.8. The Kier molecular flexibility index (Phi) is 7.32. The molecule has 7 nitrogen and oxygen atoms in total. The van der Waals surface area contributed by atoms with Crippen LogP contribution in [0.25, 0.3) is 0 Å². The Balaban J connectivity index is 2.27. The van der Waals surface area contributed by atoms with Gasteiger partial charge in [-0.1, -0.05) is 12.1 Å². The molecule has 0 bridgehead atoms. The molecule has 0 saturated heterocycles. The lowest BCUT2D eigenvalue weighted by molar-refractivity contribution is 0.253. The van der Waals surface area contributed by atoms with Crippen molar-refractivity contribution in [1.29, 1.82) is 0 Å². The molecule has 0 unspecified atom stereocenters. The first kappa shape index (κ1) is 20.9. The van der Waals surface area contributed by atoms with E-state index in [0.29, 0.717) is 42.3 Å². The summed E-state index contributed by atoms with van der Waals surface area (Å²) in [5.41, 5.74) is 7.56. The second kappa shape index (κ2) is 9.48. The quantitative estimate of drug-likeness (QED) is 0.474. The molecule has 3 N–H and O–H groups in total. The third-order valence-corrected chi connectivity index (χ3v) is 5.10. The number of aliphatic hydroxyl groups is 1. The van der Waals surface area contributed by atoms with Gasteiger partial charge in [0.25, 0.3) is 0 Å². The van der Waals surface area contributed by atoms with Crippen molar-refractivity contribution in [3.63, 3.8) is 0 Å². The number of aliphatic hydroxyl groups excluding tert-OH is 1. The Bertz CT molecular complexity index is 838. The summed E-state index contributed by atoms with van der Waals surface area (Å²) in [6.45, 7) is 0.683. The third kappa shape index (κ3) is 6.04. The van der Waals surface area contributed by atoms with Gasteiger partial charge in [0, 0.05) is 12.7 Å². The molecule has 0 fully saturated rings. The van der Waals surface area contributed by atoms with Gasteiger partial charge in [-0.25, -0.2) is 8.42 Å². The molecule has 148 valence electrons. The molecule has 0 aliphatic carbocycles. The number of nitrogens with two attached hydrogens (primary N) is 1. The minimum atomic E-state index is -3.57. The molecule has 0 atom stereocenters. The van der Waals surface area contributed by atoms with Crippen LogP contribution in [0, 0.1) is 0 Å². The largest absolute Gasteiger partial charge is 0.497 e. The topological polar surface area (TPSA) is 102 Å². The Morgan fingerprint density at radius 1 is 1.07 bits per heavy atom. The average molecular weight is 394 g/mol. The maximum Gasteiger partial charge on any atom is 0.232 e. The highest BCUT2D eigenvalue weighted by molar-refractivity contribution is 7.92. The predicted octanol–water partition coefficient (Wildman–Crippen LogP) is 2.39. The molecule has 27 heavy (non-hydrogen) atoms. The van der Waals surface area contributed by atoms with Gasteiger partial charge in [0.15, 0.2) is 0 Å². The minimum absolute atomic E-state index is 0.111. The van der Waals surface area contributed by atoms with Crippen molar-refractivity contribution in [2.75, 3.05) is 36.6 Å². The van der Waals surface area contributed by atoms with E-state index >= 15 is 0 Å². The Morgan fingerprint density at radius 2 is 1.74 bits per heavy atom. The van der Waals surface area contributed by atoms with Crippen LogP contribution in [0.5, 0.6) is 11.5 Å². The SMILES string of the molecule is COc1ccc(CN(c2cc(OCCCCO)ccc2N)S(C)(=O)=O)cc1. The second-order valence-electron chi connectivity index (χ2n) is 6.12. The molecule has 0 spiro atoms. The third-order valence-electron chi connectivity index (χ3n) is 3.98. The van der Waals surface area contributed by atoms with Crippen LogP contribution in [0.2, 0.25) is 0 Å². The zero-order chi connectivity index (χ0) is 19.9. The molecule has 0 aliphatic heterocycles. The van der Waals surface area contributed by atoms with Gasteiger partial charge < -0.3 is 20.3 Å². The Labute approximate surface area is 160 Å².